The molecule has 2 atom stereocenters. The third kappa shape index (κ3) is 2.50. The first kappa shape index (κ1) is 14.0. The van der Waals surface area contributed by atoms with Crippen LogP contribution in [0.5, 0.6) is 0 Å². The highest BCUT2D eigenvalue weighted by Gasteiger charge is 2.36. The van der Waals surface area contributed by atoms with E-state index in [-0.39, 0.29) is 6.04 Å². The number of fused-ring (bicyclic) bond motifs is 3. The first-order valence-corrected chi connectivity index (χ1v) is 9.06. The van der Waals surface area contributed by atoms with Crippen molar-refractivity contribution in [2.45, 2.75) is 31.3 Å². The third-order valence-corrected chi connectivity index (χ3v) is 6.15. The summed E-state index contributed by atoms with van der Waals surface area (Å²) in [6.45, 7) is 2.08. The summed E-state index contributed by atoms with van der Waals surface area (Å²) >= 11 is 0. The minimum atomic E-state index is -3.10. The molecular formula is C15H22N2O2S. The maximum absolute atomic E-state index is 11.7. The number of hydrogen-bond donors (Lipinski definition) is 0. The fourth-order valence-electron chi connectivity index (χ4n) is 3.54. The summed E-state index contributed by atoms with van der Waals surface area (Å²) in [6, 6.07) is 9.09. The van der Waals surface area contributed by atoms with Gasteiger partial charge in [0.2, 0.25) is 10.0 Å². The van der Waals surface area contributed by atoms with E-state index in [0.29, 0.717) is 6.04 Å². The fraction of sp³-hybridized carbons (Fsp3) is 0.600. The molecule has 0 N–H and O–H groups in total. The van der Waals surface area contributed by atoms with Crippen LogP contribution in [0.2, 0.25) is 0 Å². The van der Waals surface area contributed by atoms with Crippen LogP contribution in [0.15, 0.2) is 24.3 Å². The summed E-state index contributed by atoms with van der Waals surface area (Å²) in [7, 11) is -1.39. The zero-order chi connectivity index (χ0) is 14.3. The van der Waals surface area contributed by atoms with Gasteiger partial charge in [0.1, 0.15) is 0 Å². The van der Waals surface area contributed by atoms with Crippen LogP contribution in [0.25, 0.3) is 0 Å². The van der Waals surface area contributed by atoms with Gasteiger partial charge in [-0.1, -0.05) is 24.3 Å². The number of hydrogen-bond acceptors (Lipinski definition) is 3. The molecule has 1 fully saturated rings. The van der Waals surface area contributed by atoms with Gasteiger partial charge < -0.3 is 0 Å². The average molecular weight is 294 g/mol. The van der Waals surface area contributed by atoms with E-state index in [0.717, 1.165) is 32.4 Å². The lowest BCUT2D eigenvalue weighted by molar-refractivity contribution is 0.0971. The lowest BCUT2D eigenvalue weighted by Gasteiger charge is -2.45. The van der Waals surface area contributed by atoms with Gasteiger partial charge in [-0.25, -0.2) is 12.7 Å². The predicted octanol–water partition coefficient (Wildman–Crippen LogP) is 1.64. The largest absolute Gasteiger partial charge is 0.296 e. The lowest BCUT2D eigenvalue weighted by Crippen LogP contribution is -2.48. The number of nitrogens with zero attached hydrogens (tertiary/aromatic N) is 2. The van der Waals surface area contributed by atoms with Crippen molar-refractivity contribution >= 4 is 10.0 Å². The van der Waals surface area contributed by atoms with Crippen LogP contribution in [-0.4, -0.2) is 50.1 Å². The standard InChI is InChI=1S/C15H22N2O2S/c1-16(20(2,18)19)13-8-10-17-9-7-12-5-3-4-6-14(12)15(17)11-13/h3-6,13,15H,7-11H2,1-2H3/t13-,15?/m1/s1. The predicted molar refractivity (Wildman–Crippen MR) is 80.1 cm³/mol. The van der Waals surface area contributed by atoms with Gasteiger partial charge in [-0.3, -0.25) is 4.90 Å². The number of benzene rings is 1. The van der Waals surface area contributed by atoms with E-state index in [1.54, 1.807) is 11.4 Å². The van der Waals surface area contributed by atoms with E-state index >= 15 is 0 Å². The summed E-state index contributed by atoms with van der Waals surface area (Å²) in [5.41, 5.74) is 2.82. The van der Waals surface area contributed by atoms with E-state index in [2.05, 4.69) is 29.2 Å². The maximum Gasteiger partial charge on any atom is 0.211 e. The summed E-state index contributed by atoms with van der Waals surface area (Å²) in [5, 5.41) is 0. The molecule has 0 aromatic heterocycles. The Balaban J connectivity index is 1.86. The number of piperidine rings is 1. The molecule has 1 saturated heterocycles. The van der Waals surface area contributed by atoms with Crippen LogP contribution in [0, 0.1) is 0 Å². The van der Waals surface area contributed by atoms with Gasteiger partial charge in [0.15, 0.2) is 0 Å². The van der Waals surface area contributed by atoms with Gasteiger partial charge in [0, 0.05) is 32.2 Å². The molecule has 0 aliphatic carbocycles. The van der Waals surface area contributed by atoms with E-state index in [1.807, 2.05) is 0 Å². The zero-order valence-corrected chi connectivity index (χ0v) is 12.9. The SMILES string of the molecule is CN([C@@H]1CCN2CCc3ccccc3C2C1)S(C)(=O)=O. The van der Waals surface area contributed by atoms with E-state index in [9.17, 15) is 8.42 Å². The Morgan fingerprint density at radius 3 is 2.75 bits per heavy atom. The smallest absolute Gasteiger partial charge is 0.211 e. The second-order valence-electron chi connectivity index (χ2n) is 5.96. The summed E-state index contributed by atoms with van der Waals surface area (Å²) in [6.07, 6.45) is 4.25. The second-order valence-corrected chi connectivity index (χ2v) is 8.00. The summed E-state index contributed by atoms with van der Waals surface area (Å²) in [4.78, 5) is 2.51. The molecule has 2 aliphatic heterocycles. The van der Waals surface area contributed by atoms with E-state index < -0.39 is 10.0 Å². The first-order chi connectivity index (χ1) is 9.47. The molecule has 2 aliphatic rings. The molecule has 20 heavy (non-hydrogen) atoms. The number of rotatable bonds is 2. The Morgan fingerprint density at radius 1 is 1.25 bits per heavy atom. The Labute approximate surface area is 121 Å². The maximum atomic E-state index is 11.7. The van der Waals surface area contributed by atoms with Crippen molar-refractivity contribution in [3.8, 4) is 0 Å². The van der Waals surface area contributed by atoms with Gasteiger partial charge in [-0.15, -0.1) is 0 Å². The van der Waals surface area contributed by atoms with Crippen LogP contribution >= 0.6 is 0 Å². The molecule has 0 amide bonds. The van der Waals surface area contributed by atoms with Crippen LogP contribution in [0.3, 0.4) is 0 Å². The second kappa shape index (κ2) is 5.13. The Bertz CT molecular complexity index is 600. The molecule has 0 bridgehead atoms. The minimum Gasteiger partial charge on any atom is -0.296 e. The molecule has 1 unspecified atom stereocenters. The topological polar surface area (TPSA) is 40.6 Å². The number of sulfonamides is 1. The van der Waals surface area contributed by atoms with Crippen molar-refractivity contribution in [2.24, 2.45) is 0 Å². The molecule has 1 aromatic carbocycles. The quantitative estimate of drug-likeness (QED) is 0.832. The van der Waals surface area contributed by atoms with Crippen molar-refractivity contribution in [1.82, 2.24) is 9.21 Å². The highest BCUT2D eigenvalue weighted by molar-refractivity contribution is 7.88. The Kier molecular flexibility index (Phi) is 3.60. The van der Waals surface area contributed by atoms with Crippen LogP contribution in [-0.2, 0) is 16.4 Å². The fourth-order valence-corrected chi connectivity index (χ4v) is 4.27. The van der Waals surface area contributed by atoms with Gasteiger partial charge >= 0.3 is 0 Å². The minimum absolute atomic E-state index is 0.123. The monoisotopic (exact) mass is 294 g/mol. The molecule has 0 saturated carbocycles. The first-order valence-electron chi connectivity index (χ1n) is 7.21. The molecule has 2 heterocycles. The van der Waals surface area contributed by atoms with Crippen LogP contribution in [0.1, 0.15) is 30.0 Å². The van der Waals surface area contributed by atoms with Gasteiger partial charge in [0.05, 0.1) is 6.26 Å². The molecule has 3 rings (SSSR count). The average Bonchev–Trinajstić information content (AvgIpc) is 2.45. The van der Waals surface area contributed by atoms with Crippen LogP contribution < -0.4 is 0 Å². The van der Waals surface area contributed by atoms with E-state index in [1.165, 1.54) is 17.4 Å². The zero-order valence-electron chi connectivity index (χ0n) is 12.1. The highest BCUT2D eigenvalue weighted by Crippen LogP contribution is 2.37. The molecular weight excluding hydrogens is 272 g/mol. The Hall–Kier alpha value is -0.910. The third-order valence-electron chi connectivity index (χ3n) is 4.81. The van der Waals surface area contributed by atoms with Gasteiger partial charge in [-0.2, -0.15) is 0 Å². The molecule has 0 radical (unpaired) electrons. The van der Waals surface area contributed by atoms with Gasteiger partial charge in [-0.05, 0) is 30.4 Å². The highest BCUT2D eigenvalue weighted by atomic mass is 32.2. The van der Waals surface area contributed by atoms with E-state index in [4.69, 9.17) is 0 Å². The Morgan fingerprint density at radius 2 is 2.00 bits per heavy atom. The lowest BCUT2D eigenvalue weighted by atomic mass is 9.85. The van der Waals surface area contributed by atoms with Crippen molar-refractivity contribution in [2.75, 3.05) is 26.4 Å². The summed E-state index contributed by atoms with van der Waals surface area (Å²) in [5.74, 6) is 0. The van der Waals surface area contributed by atoms with Crippen molar-refractivity contribution < 1.29 is 8.42 Å². The van der Waals surface area contributed by atoms with Crippen molar-refractivity contribution in [1.29, 1.82) is 0 Å². The molecule has 110 valence electrons. The molecule has 5 heteroatoms. The van der Waals surface area contributed by atoms with Gasteiger partial charge in [0.25, 0.3) is 0 Å². The van der Waals surface area contributed by atoms with Crippen LogP contribution in [0.4, 0.5) is 0 Å². The van der Waals surface area contributed by atoms with Crippen molar-refractivity contribution in [3.05, 3.63) is 35.4 Å². The molecule has 4 nitrogen and oxygen atoms in total. The normalized spacial score (nSPS) is 27.1. The molecule has 1 aromatic rings. The summed E-state index contributed by atoms with van der Waals surface area (Å²) < 4.78 is 25.1. The van der Waals surface area contributed by atoms with Crippen molar-refractivity contribution in [3.63, 3.8) is 0 Å². The molecule has 0 spiro atoms.